The van der Waals surface area contributed by atoms with Crippen LogP contribution in [0.1, 0.15) is 0 Å². The second-order valence-electron chi connectivity index (χ2n) is 2.20. The molecule has 1 nitrogen and oxygen atoms in total. The quantitative estimate of drug-likeness (QED) is 0.848. The van der Waals surface area contributed by atoms with Gasteiger partial charge >= 0.3 is 0 Å². The molecule has 12 heavy (non-hydrogen) atoms. The summed E-state index contributed by atoms with van der Waals surface area (Å²) >= 11 is 6.87. The Kier molecular flexibility index (Phi) is 2.48. The van der Waals surface area contributed by atoms with Gasteiger partial charge in [-0.1, -0.05) is 0 Å². The van der Waals surface area contributed by atoms with E-state index in [1.165, 1.54) is 5.00 Å². The molecule has 0 unspecified atom stereocenters. The molecule has 0 atom stereocenters. The van der Waals surface area contributed by atoms with Gasteiger partial charge in [-0.25, -0.2) is 0 Å². The van der Waals surface area contributed by atoms with Crippen molar-refractivity contribution in [2.45, 2.75) is 0 Å². The van der Waals surface area contributed by atoms with E-state index in [2.05, 4.69) is 38.1 Å². The number of anilines is 2. The van der Waals surface area contributed by atoms with Crippen molar-refractivity contribution in [1.82, 2.24) is 0 Å². The van der Waals surface area contributed by atoms with Crippen LogP contribution in [0.15, 0.2) is 33.4 Å². The molecule has 0 radical (unpaired) electrons. The smallest absolute Gasteiger partial charge is 0.108 e. The lowest BCUT2D eigenvalue weighted by atomic mass is 10.6. The summed E-state index contributed by atoms with van der Waals surface area (Å²) in [4.78, 5) is 0. The van der Waals surface area contributed by atoms with Crippen LogP contribution in [-0.4, -0.2) is 0 Å². The maximum atomic E-state index is 3.46. The molecule has 0 bridgehead atoms. The molecule has 0 saturated heterocycles. The third-order valence-electron chi connectivity index (χ3n) is 1.38. The monoisotopic (exact) mass is 259 g/mol. The van der Waals surface area contributed by atoms with Gasteiger partial charge in [0.25, 0.3) is 0 Å². The van der Waals surface area contributed by atoms with E-state index in [0.29, 0.717) is 0 Å². The minimum absolute atomic E-state index is 1.13. The lowest BCUT2D eigenvalue weighted by molar-refractivity contribution is 1.71. The number of hydrogen-bond acceptors (Lipinski definition) is 3. The molecule has 0 amide bonds. The summed E-state index contributed by atoms with van der Waals surface area (Å²) < 4.78 is 1.13. The Morgan fingerprint density at radius 2 is 2.08 bits per heavy atom. The van der Waals surface area contributed by atoms with E-state index >= 15 is 0 Å². The molecule has 0 saturated carbocycles. The predicted molar refractivity (Wildman–Crippen MR) is 59.6 cm³/mol. The molecular formula is C8H6BrNS2. The Morgan fingerprint density at radius 1 is 1.17 bits per heavy atom. The van der Waals surface area contributed by atoms with Gasteiger partial charge < -0.3 is 5.32 Å². The summed E-state index contributed by atoms with van der Waals surface area (Å²) in [5.74, 6) is 0. The third kappa shape index (κ3) is 1.71. The number of nitrogens with one attached hydrogen (secondary N) is 1. The van der Waals surface area contributed by atoms with E-state index in [9.17, 15) is 0 Å². The minimum Gasteiger partial charge on any atom is -0.338 e. The molecule has 2 aromatic rings. The van der Waals surface area contributed by atoms with E-state index in [1.807, 2.05) is 12.1 Å². The molecule has 0 fully saturated rings. The van der Waals surface area contributed by atoms with Crippen LogP contribution in [0.5, 0.6) is 0 Å². The molecule has 0 spiro atoms. The Bertz CT molecular complexity index is 353. The molecular weight excluding hydrogens is 254 g/mol. The summed E-state index contributed by atoms with van der Waals surface area (Å²) in [6, 6.07) is 6.14. The first-order valence-corrected chi connectivity index (χ1v) is 5.95. The fourth-order valence-electron chi connectivity index (χ4n) is 0.845. The predicted octanol–water partition coefficient (Wildman–Crippen LogP) is 4.32. The van der Waals surface area contributed by atoms with Crippen molar-refractivity contribution in [2.75, 3.05) is 5.32 Å². The third-order valence-corrected chi connectivity index (χ3v) is 3.91. The van der Waals surface area contributed by atoms with Crippen molar-refractivity contribution in [1.29, 1.82) is 0 Å². The highest BCUT2D eigenvalue weighted by atomic mass is 79.9. The average Bonchev–Trinajstić information content (AvgIpc) is 2.65. The standard InChI is InChI=1S/C8H6BrNS2/c9-6-3-5-12-8(6)10-7-2-1-4-11-7/h1-5,10H. The van der Waals surface area contributed by atoms with Crippen molar-refractivity contribution in [2.24, 2.45) is 0 Å². The first-order chi connectivity index (χ1) is 5.86. The van der Waals surface area contributed by atoms with Crippen molar-refractivity contribution in [3.05, 3.63) is 33.4 Å². The van der Waals surface area contributed by atoms with Gasteiger partial charge in [0.15, 0.2) is 0 Å². The van der Waals surface area contributed by atoms with Gasteiger partial charge in [0, 0.05) is 0 Å². The van der Waals surface area contributed by atoms with E-state index in [0.717, 1.165) is 9.47 Å². The largest absolute Gasteiger partial charge is 0.338 e. The average molecular weight is 260 g/mol. The van der Waals surface area contributed by atoms with Crippen molar-refractivity contribution in [3.63, 3.8) is 0 Å². The van der Waals surface area contributed by atoms with Crippen LogP contribution in [0.25, 0.3) is 0 Å². The highest BCUT2D eigenvalue weighted by Crippen LogP contribution is 2.32. The van der Waals surface area contributed by atoms with E-state index in [-0.39, 0.29) is 0 Å². The van der Waals surface area contributed by atoms with Gasteiger partial charge in [0.1, 0.15) is 5.00 Å². The maximum absolute atomic E-state index is 3.46. The summed E-state index contributed by atoms with van der Waals surface area (Å²) in [7, 11) is 0. The van der Waals surface area contributed by atoms with Crippen LogP contribution in [0.3, 0.4) is 0 Å². The number of rotatable bonds is 2. The van der Waals surface area contributed by atoms with Crippen LogP contribution in [-0.2, 0) is 0 Å². The summed E-state index contributed by atoms with van der Waals surface area (Å²) in [5, 5.41) is 9.78. The number of halogens is 1. The SMILES string of the molecule is Brc1ccsc1Nc1cccs1. The zero-order chi connectivity index (χ0) is 8.39. The topological polar surface area (TPSA) is 12.0 Å². The molecule has 4 heteroatoms. The molecule has 0 aromatic carbocycles. The zero-order valence-electron chi connectivity index (χ0n) is 6.08. The van der Waals surface area contributed by atoms with Crippen LogP contribution in [0.4, 0.5) is 10.0 Å². The fraction of sp³-hybridized carbons (Fsp3) is 0. The Hall–Kier alpha value is -0.320. The second-order valence-corrected chi connectivity index (χ2v) is 4.92. The normalized spacial score (nSPS) is 10.1. The van der Waals surface area contributed by atoms with E-state index in [4.69, 9.17) is 0 Å². The molecule has 1 N–H and O–H groups in total. The van der Waals surface area contributed by atoms with E-state index < -0.39 is 0 Å². The number of hydrogen-bond donors (Lipinski definition) is 1. The van der Waals surface area contributed by atoms with Crippen LogP contribution in [0, 0.1) is 0 Å². The molecule has 0 aliphatic carbocycles. The van der Waals surface area contributed by atoms with Crippen molar-refractivity contribution >= 4 is 48.6 Å². The zero-order valence-corrected chi connectivity index (χ0v) is 9.30. The molecule has 62 valence electrons. The van der Waals surface area contributed by atoms with Crippen LogP contribution >= 0.6 is 38.6 Å². The first-order valence-electron chi connectivity index (χ1n) is 3.40. The molecule has 2 aromatic heterocycles. The summed E-state index contributed by atoms with van der Waals surface area (Å²) in [6.07, 6.45) is 0. The molecule has 2 rings (SSSR count). The lowest BCUT2D eigenvalue weighted by Crippen LogP contribution is -1.82. The summed E-state index contributed by atoms with van der Waals surface area (Å²) in [5.41, 5.74) is 0. The highest BCUT2D eigenvalue weighted by Gasteiger charge is 2.00. The fourth-order valence-corrected chi connectivity index (χ4v) is 2.91. The van der Waals surface area contributed by atoms with E-state index in [1.54, 1.807) is 22.7 Å². The molecule has 0 aliphatic rings. The van der Waals surface area contributed by atoms with Crippen molar-refractivity contribution < 1.29 is 0 Å². The van der Waals surface area contributed by atoms with Gasteiger partial charge in [-0.3, -0.25) is 0 Å². The first kappa shape index (κ1) is 8.29. The molecule has 2 heterocycles. The lowest BCUT2D eigenvalue weighted by Gasteiger charge is -1.98. The van der Waals surface area contributed by atoms with Gasteiger partial charge in [-0.05, 0) is 44.9 Å². The van der Waals surface area contributed by atoms with Crippen LogP contribution < -0.4 is 5.32 Å². The van der Waals surface area contributed by atoms with Gasteiger partial charge in [-0.15, -0.1) is 22.7 Å². The highest BCUT2D eigenvalue weighted by molar-refractivity contribution is 9.10. The Morgan fingerprint density at radius 3 is 2.67 bits per heavy atom. The van der Waals surface area contributed by atoms with Gasteiger partial charge in [0.2, 0.25) is 0 Å². The van der Waals surface area contributed by atoms with Crippen molar-refractivity contribution in [3.8, 4) is 0 Å². The minimum atomic E-state index is 1.13. The second kappa shape index (κ2) is 3.60. The maximum Gasteiger partial charge on any atom is 0.108 e. The Labute approximate surface area is 87.2 Å². The Balaban J connectivity index is 2.20. The molecule has 0 aliphatic heterocycles. The number of thiophene rings is 2. The van der Waals surface area contributed by atoms with Gasteiger partial charge in [-0.2, -0.15) is 0 Å². The summed E-state index contributed by atoms with van der Waals surface area (Å²) in [6.45, 7) is 0. The van der Waals surface area contributed by atoms with Crippen LogP contribution in [0.2, 0.25) is 0 Å². The van der Waals surface area contributed by atoms with Gasteiger partial charge in [0.05, 0.1) is 9.47 Å².